The first kappa shape index (κ1) is 14.2. The Morgan fingerprint density at radius 2 is 1.82 bits per heavy atom. The van der Waals surface area contributed by atoms with Crippen LogP contribution in [-0.2, 0) is 16.6 Å². The summed E-state index contributed by atoms with van der Waals surface area (Å²) in [6, 6.07) is 9.48. The number of hydrogen-bond acceptors (Lipinski definition) is 2. The van der Waals surface area contributed by atoms with Gasteiger partial charge in [-0.2, -0.15) is 0 Å². The normalized spacial score (nSPS) is 13.9. The van der Waals surface area contributed by atoms with Crippen molar-refractivity contribution in [2.75, 3.05) is 5.75 Å². The molecule has 0 saturated heterocycles. The van der Waals surface area contributed by atoms with E-state index >= 15 is 0 Å². The Morgan fingerprint density at radius 3 is 2.35 bits per heavy atom. The van der Waals surface area contributed by atoms with Crippen LogP contribution in [0.15, 0.2) is 30.3 Å². The molecule has 1 rings (SSSR count). The van der Waals surface area contributed by atoms with Gasteiger partial charge in [0.2, 0.25) is 10.0 Å². The zero-order chi connectivity index (χ0) is 12.9. The smallest absolute Gasteiger partial charge is 0.212 e. The molecule has 17 heavy (non-hydrogen) atoms. The van der Waals surface area contributed by atoms with E-state index in [9.17, 15) is 8.42 Å². The van der Waals surface area contributed by atoms with Gasteiger partial charge in [-0.1, -0.05) is 44.2 Å². The molecule has 4 heteroatoms. The van der Waals surface area contributed by atoms with Crippen molar-refractivity contribution in [1.29, 1.82) is 0 Å². The molecule has 0 amide bonds. The highest BCUT2D eigenvalue weighted by molar-refractivity contribution is 7.89. The molecule has 3 nitrogen and oxygen atoms in total. The maximum Gasteiger partial charge on any atom is 0.212 e. The van der Waals surface area contributed by atoms with Crippen LogP contribution >= 0.6 is 0 Å². The van der Waals surface area contributed by atoms with Crippen molar-refractivity contribution >= 4 is 10.0 Å². The third kappa shape index (κ3) is 5.33. The van der Waals surface area contributed by atoms with E-state index in [4.69, 9.17) is 0 Å². The van der Waals surface area contributed by atoms with Gasteiger partial charge in [-0.05, 0) is 24.3 Å². The Morgan fingerprint density at radius 1 is 1.24 bits per heavy atom. The number of hydrogen-bond donors (Lipinski definition) is 1. The molecule has 1 unspecified atom stereocenters. The lowest BCUT2D eigenvalue weighted by atomic mass is 10.0. The van der Waals surface area contributed by atoms with Gasteiger partial charge in [-0.3, -0.25) is 0 Å². The van der Waals surface area contributed by atoms with E-state index in [2.05, 4.69) is 11.6 Å². The van der Waals surface area contributed by atoms with Crippen molar-refractivity contribution in [2.24, 2.45) is 11.8 Å². The molecule has 95 valence electrons. The first-order valence-electron chi connectivity index (χ1n) is 5.75. The quantitative estimate of drug-likeness (QED) is 0.846. The lowest BCUT2D eigenvalue weighted by Gasteiger charge is -2.15. The van der Waals surface area contributed by atoms with Crippen LogP contribution in [0.25, 0.3) is 0 Å². The Hall–Kier alpha value is -0.870. The van der Waals surface area contributed by atoms with E-state index in [0.717, 1.165) is 5.56 Å². The summed E-state index contributed by atoms with van der Waals surface area (Å²) >= 11 is 0. The summed E-state index contributed by atoms with van der Waals surface area (Å²) < 4.78 is 26.1. The van der Waals surface area contributed by atoms with E-state index < -0.39 is 10.0 Å². The minimum absolute atomic E-state index is 0.0803. The molecule has 0 bridgehead atoms. The van der Waals surface area contributed by atoms with Gasteiger partial charge in [0.05, 0.1) is 5.75 Å². The highest BCUT2D eigenvalue weighted by Crippen LogP contribution is 2.11. The maximum absolute atomic E-state index is 11.8. The van der Waals surface area contributed by atoms with E-state index in [-0.39, 0.29) is 17.6 Å². The minimum atomic E-state index is -3.24. The van der Waals surface area contributed by atoms with E-state index in [1.807, 2.05) is 44.2 Å². The standard InChI is InChI=1S/C13H20NO2S/c1-11(2)12(3)10-17(15,16)14-9-13-7-5-4-6-8-13/h4-8,11-12,14H,3,9-10H2,1-2H3. The molecule has 0 aliphatic rings. The molecular formula is C13H20NO2S. The van der Waals surface area contributed by atoms with Crippen molar-refractivity contribution < 1.29 is 8.42 Å². The molecule has 0 heterocycles. The monoisotopic (exact) mass is 254 g/mol. The molecular weight excluding hydrogens is 234 g/mol. The van der Waals surface area contributed by atoms with Crippen molar-refractivity contribution in [3.8, 4) is 0 Å². The highest BCUT2D eigenvalue weighted by Gasteiger charge is 2.17. The minimum Gasteiger partial charge on any atom is -0.212 e. The van der Waals surface area contributed by atoms with Gasteiger partial charge >= 0.3 is 0 Å². The SMILES string of the molecule is [CH2]C(CS(=O)(=O)NCc1ccccc1)C(C)C. The van der Waals surface area contributed by atoms with E-state index in [1.54, 1.807) is 0 Å². The van der Waals surface area contributed by atoms with Crippen LogP contribution in [0.1, 0.15) is 19.4 Å². The second-order valence-electron chi connectivity index (χ2n) is 4.59. The predicted molar refractivity (Wildman–Crippen MR) is 70.8 cm³/mol. The summed E-state index contributed by atoms with van der Waals surface area (Å²) in [5.41, 5.74) is 0.959. The Balaban J connectivity index is 2.51. The fourth-order valence-corrected chi connectivity index (χ4v) is 2.78. The maximum atomic E-state index is 11.8. The fraction of sp³-hybridized carbons (Fsp3) is 0.462. The van der Waals surface area contributed by atoms with Crippen molar-refractivity contribution in [3.63, 3.8) is 0 Å². The van der Waals surface area contributed by atoms with Gasteiger partial charge in [0.15, 0.2) is 0 Å². The van der Waals surface area contributed by atoms with Crippen molar-refractivity contribution in [2.45, 2.75) is 20.4 Å². The zero-order valence-electron chi connectivity index (χ0n) is 10.4. The molecule has 0 fully saturated rings. The van der Waals surface area contributed by atoms with Gasteiger partial charge in [0.25, 0.3) is 0 Å². The van der Waals surface area contributed by atoms with E-state index in [1.165, 1.54) is 0 Å². The van der Waals surface area contributed by atoms with Gasteiger partial charge in [0.1, 0.15) is 0 Å². The van der Waals surface area contributed by atoms with Gasteiger partial charge in [0, 0.05) is 6.54 Å². The van der Waals surface area contributed by atoms with Crippen LogP contribution in [-0.4, -0.2) is 14.2 Å². The van der Waals surface area contributed by atoms with Crippen LogP contribution in [0.5, 0.6) is 0 Å². The number of rotatable bonds is 6. The van der Waals surface area contributed by atoms with Gasteiger partial charge in [-0.15, -0.1) is 0 Å². The van der Waals surface area contributed by atoms with Crippen LogP contribution in [0.2, 0.25) is 0 Å². The zero-order valence-corrected chi connectivity index (χ0v) is 11.2. The first-order chi connectivity index (χ1) is 7.91. The summed E-state index contributed by atoms with van der Waals surface area (Å²) in [6.45, 7) is 8.15. The molecule has 1 N–H and O–H groups in total. The second-order valence-corrected chi connectivity index (χ2v) is 6.44. The Bertz CT molecular complexity index is 426. The molecule has 1 radical (unpaired) electrons. The van der Waals surface area contributed by atoms with Crippen LogP contribution in [0.4, 0.5) is 0 Å². The van der Waals surface area contributed by atoms with Crippen molar-refractivity contribution in [1.82, 2.24) is 4.72 Å². The number of benzene rings is 1. The Labute approximate surface area is 104 Å². The highest BCUT2D eigenvalue weighted by atomic mass is 32.2. The molecule has 1 atom stereocenters. The van der Waals surface area contributed by atoms with E-state index in [0.29, 0.717) is 6.54 Å². The molecule has 0 saturated carbocycles. The summed E-state index contributed by atoms with van der Waals surface area (Å²) in [5.74, 6) is 0.267. The molecule has 1 aromatic carbocycles. The topological polar surface area (TPSA) is 46.2 Å². The third-order valence-corrected chi connectivity index (χ3v) is 4.17. The second kappa shape index (κ2) is 6.17. The summed E-state index contributed by atoms with van der Waals surface area (Å²) in [5, 5.41) is 0. The van der Waals surface area contributed by atoms with Gasteiger partial charge < -0.3 is 0 Å². The van der Waals surface area contributed by atoms with Crippen LogP contribution in [0, 0.1) is 18.8 Å². The summed E-state index contributed by atoms with van der Waals surface area (Å²) in [4.78, 5) is 0. The fourth-order valence-electron chi connectivity index (χ4n) is 1.32. The molecule has 0 aliphatic carbocycles. The first-order valence-corrected chi connectivity index (χ1v) is 7.40. The molecule has 0 spiro atoms. The average molecular weight is 254 g/mol. The number of nitrogens with one attached hydrogen (secondary N) is 1. The van der Waals surface area contributed by atoms with Crippen LogP contribution < -0.4 is 4.72 Å². The third-order valence-electron chi connectivity index (χ3n) is 2.72. The molecule has 0 aromatic heterocycles. The summed E-state index contributed by atoms with van der Waals surface area (Å²) in [6.07, 6.45) is 0. The van der Waals surface area contributed by atoms with Gasteiger partial charge in [-0.25, -0.2) is 13.1 Å². The molecule has 0 aliphatic heterocycles. The molecule has 1 aromatic rings. The largest absolute Gasteiger partial charge is 0.212 e. The predicted octanol–water partition coefficient (Wildman–Crippen LogP) is 2.21. The Kier molecular flexibility index (Phi) is 5.15. The van der Waals surface area contributed by atoms with Crippen molar-refractivity contribution in [3.05, 3.63) is 42.8 Å². The van der Waals surface area contributed by atoms with Crippen LogP contribution in [0.3, 0.4) is 0 Å². The average Bonchev–Trinajstić information content (AvgIpc) is 2.27. The lowest BCUT2D eigenvalue weighted by Crippen LogP contribution is -2.30. The summed E-state index contributed by atoms with van der Waals surface area (Å²) in [7, 11) is -3.24. The number of sulfonamides is 1. The lowest BCUT2D eigenvalue weighted by molar-refractivity contribution is 0.488.